The second kappa shape index (κ2) is 9.65. The molecule has 4 aliphatic rings. The van der Waals surface area contributed by atoms with Gasteiger partial charge in [0.1, 0.15) is 18.2 Å². The van der Waals surface area contributed by atoms with Gasteiger partial charge in [-0.1, -0.05) is 6.92 Å². The highest BCUT2D eigenvalue weighted by atomic mass is 19.1. The lowest BCUT2D eigenvalue weighted by molar-refractivity contribution is -0.123. The molecule has 0 saturated heterocycles. The van der Waals surface area contributed by atoms with Crippen LogP contribution in [-0.2, 0) is 9.59 Å². The molecular weight excluding hydrogens is 339 g/mol. The number of halogens is 1. The van der Waals surface area contributed by atoms with E-state index in [9.17, 15) is 14.0 Å². The van der Waals surface area contributed by atoms with Gasteiger partial charge in [0.05, 0.1) is 0 Å². The minimum absolute atomic E-state index is 0.154. The summed E-state index contributed by atoms with van der Waals surface area (Å²) in [4.78, 5) is 23.6. The summed E-state index contributed by atoms with van der Waals surface area (Å²) in [6.45, 7) is 1.94. The van der Waals surface area contributed by atoms with Crippen molar-refractivity contribution in [2.24, 2.45) is 29.1 Å². The van der Waals surface area contributed by atoms with Crippen LogP contribution in [0.3, 0.4) is 0 Å². The Bertz CT molecular complexity index is 473. The Balaban J connectivity index is 1.36. The maximum atomic E-state index is 14.5. The lowest BCUT2D eigenvalue weighted by Crippen LogP contribution is -2.40. The predicted octanol–water partition coefficient (Wildman–Crippen LogP) is 6.46. The minimum atomic E-state index is -0.736. The number of aldehydes is 1. The summed E-state index contributed by atoms with van der Waals surface area (Å²) in [7, 11) is 0. The van der Waals surface area contributed by atoms with E-state index in [0.717, 1.165) is 44.4 Å². The summed E-state index contributed by atoms with van der Waals surface area (Å²) in [5.74, 6) is 2.15. The van der Waals surface area contributed by atoms with E-state index >= 15 is 0 Å². The first kappa shape index (κ1) is 21.0. The van der Waals surface area contributed by atoms with Gasteiger partial charge in [-0.05, 0) is 107 Å². The molecule has 2 nitrogen and oxygen atoms in total. The number of carbonyl (C=O) groups excluding carboxylic acids is 2. The molecular formula is C24H39FO2. The van der Waals surface area contributed by atoms with Gasteiger partial charge in [0.15, 0.2) is 0 Å². The largest absolute Gasteiger partial charge is 0.303 e. The van der Waals surface area contributed by atoms with Gasteiger partial charge < -0.3 is 4.79 Å². The van der Waals surface area contributed by atoms with Gasteiger partial charge in [0.2, 0.25) is 0 Å². The van der Waals surface area contributed by atoms with Crippen molar-refractivity contribution in [3.63, 3.8) is 0 Å². The van der Waals surface area contributed by atoms with Gasteiger partial charge >= 0.3 is 0 Å². The first-order valence-corrected chi connectivity index (χ1v) is 11.7. The van der Waals surface area contributed by atoms with E-state index in [1.54, 1.807) is 0 Å². The van der Waals surface area contributed by atoms with Crippen LogP contribution in [0, 0.1) is 29.1 Å². The number of Topliss-reactive ketones (excluding diaryl/α,β-unsaturated/α-hetero) is 1. The van der Waals surface area contributed by atoms with E-state index in [4.69, 9.17) is 0 Å². The fourth-order valence-corrected chi connectivity index (χ4v) is 6.41. The van der Waals surface area contributed by atoms with Crippen molar-refractivity contribution in [3.8, 4) is 0 Å². The summed E-state index contributed by atoms with van der Waals surface area (Å²) in [5, 5.41) is 0. The molecule has 0 heterocycles. The minimum Gasteiger partial charge on any atom is -0.303 e. The van der Waals surface area contributed by atoms with Gasteiger partial charge in [0.25, 0.3) is 0 Å². The molecule has 4 fully saturated rings. The molecule has 3 heteroatoms. The second-order valence-electron chi connectivity index (χ2n) is 9.89. The summed E-state index contributed by atoms with van der Waals surface area (Å²) < 4.78 is 14.5. The molecule has 154 valence electrons. The third-order valence-corrected chi connectivity index (χ3v) is 8.37. The Kier molecular flexibility index (Phi) is 7.50. The van der Waals surface area contributed by atoms with Crippen LogP contribution in [0.5, 0.6) is 0 Å². The van der Waals surface area contributed by atoms with Gasteiger partial charge in [-0.15, -0.1) is 0 Å². The Labute approximate surface area is 165 Å². The zero-order chi connectivity index (χ0) is 19.3. The Morgan fingerprint density at radius 1 is 1.04 bits per heavy atom. The maximum absolute atomic E-state index is 14.5. The monoisotopic (exact) mass is 378 g/mol. The van der Waals surface area contributed by atoms with Crippen molar-refractivity contribution in [3.05, 3.63) is 0 Å². The average Bonchev–Trinajstić information content (AvgIpc) is 2.72. The molecule has 4 rings (SSSR count). The van der Waals surface area contributed by atoms with Crippen molar-refractivity contribution in [1.29, 1.82) is 0 Å². The number of hydrogen-bond donors (Lipinski definition) is 0. The highest BCUT2D eigenvalue weighted by molar-refractivity contribution is 5.80. The lowest BCUT2D eigenvalue weighted by Gasteiger charge is -2.49. The molecule has 2 unspecified atom stereocenters. The molecule has 0 aromatic heterocycles. The van der Waals surface area contributed by atoms with Crippen LogP contribution >= 0.6 is 0 Å². The van der Waals surface area contributed by atoms with Crippen LogP contribution in [0.1, 0.15) is 103 Å². The van der Waals surface area contributed by atoms with Gasteiger partial charge in [-0.25, -0.2) is 4.39 Å². The van der Waals surface area contributed by atoms with Crippen LogP contribution < -0.4 is 0 Å². The SMILES string of the molecule is CCC(=O)[C@H]1CC[C@H](CC(F)CCCC(C=O)C23CCC(CC2)CC3)CC1. The summed E-state index contributed by atoms with van der Waals surface area (Å²) in [6.07, 6.45) is 15.6. The van der Waals surface area contributed by atoms with E-state index in [1.165, 1.54) is 44.8 Å². The van der Waals surface area contributed by atoms with Crippen LogP contribution in [0.25, 0.3) is 0 Å². The molecule has 2 bridgehead atoms. The first-order valence-electron chi connectivity index (χ1n) is 11.7. The fraction of sp³-hybridized carbons (Fsp3) is 0.917. The number of ketones is 1. The van der Waals surface area contributed by atoms with E-state index in [0.29, 0.717) is 31.0 Å². The summed E-state index contributed by atoms with van der Waals surface area (Å²) >= 11 is 0. The lowest BCUT2D eigenvalue weighted by atomic mass is 9.55. The molecule has 0 aromatic carbocycles. The standard InChI is InChI=1S/C24H39FO2/c1-2-23(27)20-8-6-19(7-9-20)16-22(25)5-3-4-21(17-26)24-13-10-18(11-14-24)12-15-24/h17-22H,2-16H2,1H3/t18?,19-,20-,21?,22?,24?. The summed E-state index contributed by atoms with van der Waals surface area (Å²) in [5.41, 5.74) is 0.256. The highest BCUT2D eigenvalue weighted by Gasteiger charge is 2.45. The molecule has 4 saturated carbocycles. The molecule has 2 atom stereocenters. The number of alkyl halides is 1. The Morgan fingerprint density at radius 2 is 1.67 bits per heavy atom. The number of rotatable bonds is 10. The van der Waals surface area contributed by atoms with E-state index in [1.807, 2.05) is 6.92 Å². The number of carbonyl (C=O) groups is 2. The topological polar surface area (TPSA) is 34.1 Å². The highest BCUT2D eigenvalue weighted by Crippen LogP contribution is 2.55. The van der Waals surface area contributed by atoms with Gasteiger partial charge in [0, 0.05) is 18.3 Å². The third kappa shape index (κ3) is 5.21. The predicted molar refractivity (Wildman–Crippen MR) is 107 cm³/mol. The van der Waals surface area contributed by atoms with E-state index < -0.39 is 6.17 Å². The molecule has 0 aliphatic heterocycles. The van der Waals surface area contributed by atoms with Crippen LogP contribution in [0.4, 0.5) is 4.39 Å². The second-order valence-corrected chi connectivity index (χ2v) is 9.89. The van der Waals surface area contributed by atoms with Crippen molar-refractivity contribution >= 4 is 12.1 Å². The van der Waals surface area contributed by atoms with Crippen molar-refractivity contribution in [2.45, 2.75) is 109 Å². The quantitative estimate of drug-likeness (QED) is 0.409. The van der Waals surface area contributed by atoms with Crippen molar-refractivity contribution < 1.29 is 14.0 Å². The van der Waals surface area contributed by atoms with Crippen molar-refractivity contribution in [1.82, 2.24) is 0 Å². The number of fused-ring (bicyclic) bond motifs is 3. The molecule has 0 aromatic rings. The number of hydrogen-bond acceptors (Lipinski definition) is 2. The van der Waals surface area contributed by atoms with Gasteiger partial charge in [-0.2, -0.15) is 0 Å². The summed E-state index contributed by atoms with van der Waals surface area (Å²) in [6, 6.07) is 0. The first-order chi connectivity index (χ1) is 13.1. The maximum Gasteiger partial charge on any atom is 0.135 e. The molecule has 27 heavy (non-hydrogen) atoms. The fourth-order valence-electron chi connectivity index (χ4n) is 6.41. The smallest absolute Gasteiger partial charge is 0.135 e. The molecule has 0 amide bonds. The molecule has 0 radical (unpaired) electrons. The van der Waals surface area contributed by atoms with Crippen LogP contribution in [0.15, 0.2) is 0 Å². The normalized spacial score (nSPS) is 35.6. The van der Waals surface area contributed by atoms with Crippen LogP contribution in [0.2, 0.25) is 0 Å². The average molecular weight is 379 g/mol. The molecule has 4 aliphatic carbocycles. The third-order valence-electron chi connectivity index (χ3n) is 8.37. The van der Waals surface area contributed by atoms with Crippen LogP contribution in [-0.4, -0.2) is 18.2 Å². The van der Waals surface area contributed by atoms with Gasteiger partial charge in [-0.3, -0.25) is 4.79 Å². The van der Waals surface area contributed by atoms with E-state index in [-0.39, 0.29) is 17.3 Å². The van der Waals surface area contributed by atoms with Crippen molar-refractivity contribution in [2.75, 3.05) is 0 Å². The molecule has 0 N–H and O–H groups in total. The zero-order valence-electron chi connectivity index (χ0n) is 17.3. The zero-order valence-corrected chi connectivity index (χ0v) is 17.3. The Hall–Kier alpha value is -0.730. The van der Waals surface area contributed by atoms with E-state index in [2.05, 4.69) is 0 Å². The molecule has 0 spiro atoms. The Morgan fingerprint density at radius 3 is 2.22 bits per heavy atom.